The minimum Gasteiger partial charge on any atom is -0.497 e. The first-order valence-electron chi connectivity index (χ1n) is 9.37. The largest absolute Gasteiger partial charge is 0.497 e. The smallest absolute Gasteiger partial charge is 0.247 e. The zero-order valence-corrected chi connectivity index (χ0v) is 16.8. The lowest BCUT2D eigenvalue weighted by Crippen LogP contribution is -2.49. The van der Waals surface area contributed by atoms with Crippen molar-refractivity contribution in [1.29, 1.82) is 0 Å². The number of amides is 1. The van der Waals surface area contributed by atoms with E-state index < -0.39 is 0 Å². The van der Waals surface area contributed by atoms with Gasteiger partial charge in [0.15, 0.2) is 0 Å². The summed E-state index contributed by atoms with van der Waals surface area (Å²) in [5.74, 6) is 1.44. The topological polar surface area (TPSA) is 71.7 Å². The number of hydrogen-bond donors (Lipinski definition) is 0. The lowest BCUT2D eigenvalue weighted by atomic mass is 10.2. The van der Waals surface area contributed by atoms with Gasteiger partial charge in [-0.2, -0.15) is 0 Å². The maximum atomic E-state index is 12.6. The third-order valence-corrected chi connectivity index (χ3v) is 5.15. The van der Waals surface area contributed by atoms with E-state index in [0.717, 1.165) is 30.1 Å². The predicted molar refractivity (Wildman–Crippen MR) is 110 cm³/mol. The Hall–Kier alpha value is -3.06. The number of aromatic nitrogens is 2. The highest BCUT2D eigenvalue weighted by Gasteiger charge is 2.23. The number of rotatable bonds is 5. The SMILES string of the molecule is COc1ccc(-c2nnc(CC(=O)N3CCN(c4cccc(Cl)c4)CC3)o2)cc1. The summed E-state index contributed by atoms with van der Waals surface area (Å²) in [5, 5.41) is 8.79. The molecule has 1 saturated heterocycles. The normalized spacial score (nSPS) is 14.1. The second kappa shape index (κ2) is 8.53. The second-order valence-electron chi connectivity index (χ2n) is 6.75. The van der Waals surface area contributed by atoms with E-state index in [1.54, 1.807) is 7.11 Å². The van der Waals surface area contributed by atoms with Crippen LogP contribution in [0, 0.1) is 0 Å². The summed E-state index contributed by atoms with van der Waals surface area (Å²) in [5.41, 5.74) is 1.86. The van der Waals surface area contributed by atoms with Crippen molar-refractivity contribution < 1.29 is 13.9 Å². The molecule has 1 amide bonds. The van der Waals surface area contributed by atoms with Crippen molar-refractivity contribution >= 4 is 23.2 Å². The third kappa shape index (κ3) is 4.51. The van der Waals surface area contributed by atoms with Crippen LogP contribution in [0.3, 0.4) is 0 Å². The summed E-state index contributed by atoms with van der Waals surface area (Å²) in [6, 6.07) is 15.1. The minimum absolute atomic E-state index is 0.0133. The van der Waals surface area contributed by atoms with Crippen LogP contribution in [-0.4, -0.2) is 54.3 Å². The number of hydrogen-bond acceptors (Lipinski definition) is 6. The summed E-state index contributed by atoms with van der Waals surface area (Å²) in [6.45, 7) is 2.80. The van der Waals surface area contributed by atoms with Crippen molar-refractivity contribution in [3.8, 4) is 17.2 Å². The zero-order valence-electron chi connectivity index (χ0n) is 16.0. The van der Waals surface area contributed by atoms with Crippen LogP contribution in [0.1, 0.15) is 5.89 Å². The molecule has 8 heteroatoms. The van der Waals surface area contributed by atoms with Crippen molar-refractivity contribution in [3.05, 3.63) is 59.4 Å². The van der Waals surface area contributed by atoms with Gasteiger partial charge in [-0.1, -0.05) is 17.7 Å². The summed E-state index contributed by atoms with van der Waals surface area (Å²) < 4.78 is 10.8. The first-order chi connectivity index (χ1) is 14.1. The number of benzene rings is 2. The molecule has 0 unspecified atom stereocenters. The Morgan fingerprint density at radius 1 is 1.10 bits per heavy atom. The summed E-state index contributed by atoms with van der Waals surface area (Å²) in [4.78, 5) is 16.7. The molecule has 0 atom stereocenters. The molecule has 0 saturated carbocycles. The van der Waals surface area contributed by atoms with E-state index in [1.807, 2.05) is 53.4 Å². The highest BCUT2D eigenvalue weighted by atomic mass is 35.5. The molecular formula is C21H21ClN4O3. The van der Waals surface area contributed by atoms with Crippen molar-refractivity contribution in [1.82, 2.24) is 15.1 Å². The standard InChI is InChI=1S/C21H21ClN4O3/c1-28-18-7-5-15(6-8-18)21-24-23-19(29-21)14-20(27)26-11-9-25(10-12-26)17-4-2-3-16(22)13-17/h2-8,13H,9-12,14H2,1H3. The predicted octanol–water partition coefficient (Wildman–Crippen LogP) is 3.29. The molecule has 0 aliphatic carbocycles. The van der Waals surface area contributed by atoms with Gasteiger partial charge in [0.1, 0.15) is 12.2 Å². The van der Waals surface area contributed by atoms with Gasteiger partial charge in [-0.15, -0.1) is 10.2 Å². The summed E-state index contributed by atoms with van der Waals surface area (Å²) >= 11 is 6.07. The molecule has 1 fully saturated rings. The first kappa shape index (κ1) is 19.3. The van der Waals surface area contributed by atoms with Crippen LogP contribution < -0.4 is 9.64 Å². The Morgan fingerprint density at radius 3 is 2.55 bits per heavy atom. The number of anilines is 1. The van der Waals surface area contributed by atoms with Crippen LogP contribution in [-0.2, 0) is 11.2 Å². The Balaban J connectivity index is 1.34. The van der Waals surface area contributed by atoms with Crippen LogP contribution in [0.25, 0.3) is 11.5 Å². The average molecular weight is 413 g/mol. The molecule has 3 aromatic rings. The van der Waals surface area contributed by atoms with Crippen LogP contribution in [0.2, 0.25) is 5.02 Å². The highest BCUT2D eigenvalue weighted by molar-refractivity contribution is 6.30. The molecule has 29 heavy (non-hydrogen) atoms. The Kier molecular flexibility index (Phi) is 5.67. The van der Waals surface area contributed by atoms with E-state index in [9.17, 15) is 4.79 Å². The summed E-state index contributed by atoms with van der Waals surface area (Å²) in [6.07, 6.45) is 0.0975. The molecule has 1 aliphatic heterocycles. The van der Waals surface area contributed by atoms with Crippen LogP contribution >= 0.6 is 11.6 Å². The number of piperazine rings is 1. The van der Waals surface area contributed by atoms with E-state index in [0.29, 0.717) is 29.9 Å². The van der Waals surface area contributed by atoms with Gasteiger partial charge in [0.25, 0.3) is 0 Å². The van der Waals surface area contributed by atoms with Gasteiger partial charge in [-0.25, -0.2) is 0 Å². The van der Waals surface area contributed by atoms with Gasteiger partial charge in [0, 0.05) is 42.5 Å². The van der Waals surface area contributed by atoms with Crippen LogP contribution in [0.5, 0.6) is 5.75 Å². The third-order valence-electron chi connectivity index (χ3n) is 4.91. The van der Waals surface area contributed by atoms with Gasteiger partial charge in [0.05, 0.1) is 7.11 Å². The Bertz CT molecular complexity index is 982. The van der Waals surface area contributed by atoms with Gasteiger partial charge >= 0.3 is 0 Å². The van der Waals surface area contributed by atoms with E-state index >= 15 is 0 Å². The lowest BCUT2D eigenvalue weighted by molar-refractivity contribution is -0.131. The monoisotopic (exact) mass is 412 g/mol. The van der Waals surface area contributed by atoms with Crippen molar-refractivity contribution in [2.24, 2.45) is 0 Å². The van der Waals surface area contributed by atoms with E-state index in [1.165, 1.54) is 0 Å². The van der Waals surface area contributed by atoms with E-state index in [2.05, 4.69) is 15.1 Å². The van der Waals surface area contributed by atoms with Gasteiger partial charge in [-0.3, -0.25) is 4.79 Å². The maximum Gasteiger partial charge on any atom is 0.247 e. The quantitative estimate of drug-likeness (QED) is 0.640. The first-order valence-corrected chi connectivity index (χ1v) is 9.75. The molecule has 4 rings (SSSR count). The minimum atomic E-state index is -0.0133. The van der Waals surface area contributed by atoms with Gasteiger partial charge in [-0.05, 0) is 42.5 Å². The summed E-state index contributed by atoms with van der Waals surface area (Å²) in [7, 11) is 1.61. The maximum absolute atomic E-state index is 12.6. The fraction of sp³-hybridized carbons (Fsp3) is 0.286. The number of carbonyl (C=O) groups is 1. The van der Waals surface area contributed by atoms with Crippen LogP contribution in [0.4, 0.5) is 5.69 Å². The molecule has 7 nitrogen and oxygen atoms in total. The number of halogens is 1. The number of ether oxygens (including phenoxy) is 1. The molecule has 150 valence electrons. The molecule has 2 heterocycles. The highest BCUT2D eigenvalue weighted by Crippen LogP contribution is 2.23. The zero-order chi connectivity index (χ0) is 20.2. The fourth-order valence-electron chi connectivity index (χ4n) is 3.30. The van der Waals surface area contributed by atoms with Crippen molar-refractivity contribution in [2.75, 3.05) is 38.2 Å². The van der Waals surface area contributed by atoms with Crippen LogP contribution in [0.15, 0.2) is 52.9 Å². The molecule has 0 bridgehead atoms. The molecule has 0 spiro atoms. The van der Waals surface area contributed by atoms with E-state index in [4.69, 9.17) is 20.8 Å². The molecule has 2 aromatic carbocycles. The molecule has 0 N–H and O–H groups in total. The Labute approximate surface area is 173 Å². The average Bonchev–Trinajstić information content (AvgIpc) is 3.22. The van der Waals surface area contributed by atoms with Crippen molar-refractivity contribution in [2.45, 2.75) is 6.42 Å². The van der Waals surface area contributed by atoms with E-state index in [-0.39, 0.29) is 12.3 Å². The Morgan fingerprint density at radius 2 is 1.86 bits per heavy atom. The molecule has 1 aromatic heterocycles. The van der Waals surface area contributed by atoms with Gasteiger partial charge in [0.2, 0.25) is 17.7 Å². The second-order valence-corrected chi connectivity index (χ2v) is 7.19. The number of methoxy groups -OCH3 is 1. The fourth-order valence-corrected chi connectivity index (χ4v) is 3.49. The van der Waals surface area contributed by atoms with Crippen molar-refractivity contribution in [3.63, 3.8) is 0 Å². The molecule has 0 radical (unpaired) electrons. The lowest BCUT2D eigenvalue weighted by Gasteiger charge is -2.36. The number of nitrogens with zero attached hydrogens (tertiary/aromatic N) is 4. The molecule has 1 aliphatic rings. The van der Waals surface area contributed by atoms with Gasteiger partial charge < -0.3 is 19.0 Å². The number of carbonyl (C=O) groups excluding carboxylic acids is 1. The molecular weight excluding hydrogens is 392 g/mol.